The zero-order chi connectivity index (χ0) is 12.8. The van der Waals surface area contributed by atoms with Crippen molar-refractivity contribution in [3.8, 4) is 0 Å². The van der Waals surface area contributed by atoms with Crippen LogP contribution in [0, 0.1) is 5.92 Å². The minimum Gasteiger partial charge on any atom is -0.367 e. The standard InChI is InChI=1S/C16H22N2/c1-13(2)10-16(15-6-4-3-5-7-15)18-12-14-8-9-17-11-14/h3-9,11,13,16-18H,10,12H2,1-2H3. The van der Waals surface area contributed by atoms with Crippen LogP contribution in [0.2, 0.25) is 0 Å². The summed E-state index contributed by atoms with van der Waals surface area (Å²) >= 11 is 0. The maximum atomic E-state index is 3.65. The fourth-order valence-electron chi connectivity index (χ4n) is 2.20. The molecule has 96 valence electrons. The second kappa shape index (κ2) is 6.41. The van der Waals surface area contributed by atoms with Crippen molar-refractivity contribution in [3.05, 3.63) is 59.9 Å². The molecule has 0 saturated carbocycles. The van der Waals surface area contributed by atoms with Crippen LogP contribution in [-0.4, -0.2) is 4.98 Å². The molecule has 2 aromatic rings. The summed E-state index contributed by atoms with van der Waals surface area (Å²) in [7, 11) is 0. The minimum atomic E-state index is 0.432. The number of H-pyrrole nitrogens is 1. The third kappa shape index (κ3) is 3.74. The number of hydrogen-bond donors (Lipinski definition) is 2. The zero-order valence-corrected chi connectivity index (χ0v) is 11.2. The van der Waals surface area contributed by atoms with Crippen molar-refractivity contribution >= 4 is 0 Å². The molecule has 0 fully saturated rings. The van der Waals surface area contributed by atoms with Gasteiger partial charge in [-0.3, -0.25) is 0 Å². The number of benzene rings is 1. The summed E-state index contributed by atoms with van der Waals surface area (Å²) in [5.74, 6) is 0.689. The van der Waals surface area contributed by atoms with Crippen LogP contribution in [-0.2, 0) is 6.54 Å². The summed E-state index contributed by atoms with van der Waals surface area (Å²) in [6.45, 7) is 5.46. The molecular formula is C16H22N2. The number of nitrogens with one attached hydrogen (secondary N) is 2. The van der Waals surface area contributed by atoms with Crippen LogP contribution in [0.5, 0.6) is 0 Å². The summed E-state index contributed by atoms with van der Waals surface area (Å²) in [6, 6.07) is 13.3. The number of rotatable bonds is 6. The minimum absolute atomic E-state index is 0.432. The smallest absolute Gasteiger partial charge is 0.0325 e. The number of aromatic nitrogens is 1. The van der Waals surface area contributed by atoms with Crippen molar-refractivity contribution in [1.29, 1.82) is 0 Å². The molecule has 1 heterocycles. The van der Waals surface area contributed by atoms with Crippen LogP contribution in [0.1, 0.15) is 37.4 Å². The molecule has 0 radical (unpaired) electrons. The van der Waals surface area contributed by atoms with Gasteiger partial charge in [0.25, 0.3) is 0 Å². The number of hydrogen-bond acceptors (Lipinski definition) is 1. The van der Waals surface area contributed by atoms with E-state index in [0.717, 1.165) is 13.0 Å². The van der Waals surface area contributed by atoms with Gasteiger partial charge in [0.15, 0.2) is 0 Å². The first-order chi connectivity index (χ1) is 8.75. The summed E-state index contributed by atoms with van der Waals surface area (Å²) < 4.78 is 0. The van der Waals surface area contributed by atoms with E-state index in [9.17, 15) is 0 Å². The third-order valence-corrected chi connectivity index (χ3v) is 3.12. The summed E-state index contributed by atoms with van der Waals surface area (Å²) in [5.41, 5.74) is 2.68. The molecule has 0 aliphatic carbocycles. The van der Waals surface area contributed by atoms with Gasteiger partial charge < -0.3 is 10.3 Å². The summed E-state index contributed by atoms with van der Waals surface area (Å²) in [5, 5.41) is 3.65. The van der Waals surface area contributed by atoms with Gasteiger partial charge in [-0.1, -0.05) is 44.2 Å². The molecule has 1 aromatic heterocycles. The predicted octanol–water partition coefficient (Wildman–Crippen LogP) is 3.89. The molecule has 2 rings (SSSR count). The molecule has 2 nitrogen and oxygen atoms in total. The molecule has 18 heavy (non-hydrogen) atoms. The monoisotopic (exact) mass is 242 g/mol. The first kappa shape index (κ1) is 12.9. The highest BCUT2D eigenvalue weighted by Gasteiger charge is 2.12. The molecule has 0 bridgehead atoms. The second-order valence-corrected chi connectivity index (χ2v) is 5.19. The Balaban J connectivity index is 2.01. The Kier molecular flexibility index (Phi) is 4.59. The van der Waals surface area contributed by atoms with Gasteiger partial charge in [0.05, 0.1) is 0 Å². The maximum absolute atomic E-state index is 3.65. The zero-order valence-electron chi connectivity index (χ0n) is 11.2. The van der Waals surface area contributed by atoms with Gasteiger partial charge in [0.2, 0.25) is 0 Å². The average Bonchev–Trinajstić information content (AvgIpc) is 2.88. The normalized spacial score (nSPS) is 12.8. The molecule has 1 atom stereocenters. The van der Waals surface area contributed by atoms with Crippen LogP contribution in [0.3, 0.4) is 0 Å². The van der Waals surface area contributed by atoms with Gasteiger partial charge in [-0.05, 0) is 29.5 Å². The molecule has 1 aromatic carbocycles. The van der Waals surface area contributed by atoms with E-state index in [2.05, 4.69) is 60.5 Å². The molecule has 2 N–H and O–H groups in total. The molecule has 0 aliphatic heterocycles. The molecule has 0 aliphatic rings. The molecule has 1 unspecified atom stereocenters. The first-order valence-electron chi connectivity index (χ1n) is 6.65. The topological polar surface area (TPSA) is 27.8 Å². The molecule has 0 amide bonds. The fraction of sp³-hybridized carbons (Fsp3) is 0.375. The lowest BCUT2D eigenvalue weighted by Crippen LogP contribution is -2.22. The van der Waals surface area contributed by atoms with E-state index in [0.29, 0.717) is 12.0 Å². The fourth-order valence-corrected chi connectivity index (χ4v) is 2.20. The van der Waals surface area contributed by atoms with Crippen LogP contribution < -0.4 is 5.32 Å². The Morgan fingerprint density at radius 3 is 2.50 bits per heavy atom. The average molecular weight is 242 g/mol. The van der Waals surface area contributed by atoms with Crippen molar-refractivity contribution < 1.29 is 0 Å². The van der Waals surface area contributed by atoms with E-state index >= 15 is 0 Å². The summed E-state index contributed by atoms with van der Waals surface area (Å²) in [6.07, 6.45) is 5.18. The SMILES string of the molecule is CC(C)CC(NCc1cc[nH]c1)c1ccccc1. The van der Waals surface area contributed by atoms with Crippen LogP contribution in [0.4, 0.5) is 0 Å². The first-order valence-corrected chi connectivity index (χ1v) is 6.65. The van der Waals surface area contributed by atoms with Gasteiger partial charge >= 0.3 is 0 Å². The van der Waals surface area contributed by atoms with Gasteiger partial charge in [0, 0.05) is 25.0 Å². The number of aromatic amines is 1. The van der Waals surface area contributed by atoms with Crippen molar-refractivity contribution in [2.75, 3.05) is 0 Å². The third-order valence-electron chi connectivity index (χ3n) is 3.12. The predicted molar refractivity (Wildman–Crippen MR) is 76.3 cm³/mol. The maximum Gasteiger partial charge on any atom is 0.0325 e. The van der Waals surface area contributed by atoms with E-state index in [1.54, 1.807) is 0 Å². The van der Waals surface area contributed by atoms with Gasteiger partial charge in [-0.15, -0.1) is 0 Å². The Morgan fingerprint density at radius 1 is 1.11 bits per heavy atom. The Labute approximate surface area is 109 Å². The molecule has 0 saturated heterocycles. The Morgan fingerprint density at radius 2 is 1.89 bits per heavy atom. The van der Waals surface area contributed by atoms with Crippen molar-refractivity contribution in [2.24, 2.45) is 5.92 Å². The van der Waals surface area contributed by atoms with Crippen molar-refractivity contribution in [1.82, 2.24) is 10.3 Å². The Hall–Kier alpha value is -1.54. The lowest BCUT2D eigenvalue weighted by atomic mass is 9.97. The lowest BCUT2D eigenvalue weighted by Gasteiger charge is -2.21. The second-order valence-electron chi connectivity index (χ2n) is 5.19. The van der Waals surface area contributed by atoms with Crippen LogP contribution >= 0.6 is 0 Å². The van der Waals surface area contributed by atoms with E-state index in [-0.39, 0.29) is 0 Å². The lowest BCUT2D eigenvalue weighted by molar-refractivity contribution is 0.429. The summed E-state index contributed by atoms with van der Waals surface area (Å²) in [4.78, 5) is 3.09. The highest BCUT2D eigenvalue weighted by atomic mass is 14.9. The van der Waals surface area contributed by atoms with Gasteiger partial charge in [-0.25, -0.2) is 0 Å². The van der Waals surface area contributed by atoms with E-state index in [1.165, 1.54) is 11.1 Å². The van der Waals surface area contributed by atoms with E-state index in [1.807, 2.05) is 12.4 Å². The van der Waals surface area contributed by atoms with Crippen molar-refractivity contribution in [2.45, 2.75) is 32.9 Å². The quantitative estimate of drug-likeness (QED) is 0.790. The Bertz CT molecular complexity index is 431. The largest absolute Gasteiger partial charge is 0.367 e. The van der Waals surface area contributed by atoms with E-state index < -0.39 is 0 Å². The highest BCUT2D eigenvalue weighted by molar-refractivity contribution is 5.19. The molecule has 0 spiro atoms. The highest BCUT2D eigenvalue weighted by Crippen LogP contribution is 2.21. The van der Waals surface area contributed by atoms with Crippen LogP contribution in [0.25, 0.3) is 0 Å². The van der Waals surface area contributed by atoms with Crippen molar-refractivity contribution in [3.63, 3.8) is 0 Å². The van der Waals surface area contributed by atoms with Gasteiger partial charge in [-0.2, -0.15) is 0 Å². The van der Waals surface area contributed by atoms with E-state index in [4.69, 9.17) is 0 Å². The van der Waals surface area contributed by atoms with Crippen LogP contribution in [0.15, 0.2) is 48.8 Å². The molecular weight excluding hydrogens is 220 g/mol. The van der Waals surface area contributed by atoms with Gasteiger partial charge in [0.1, 0.15) is 0 Å². The molecule has 2 heteroatoms.